The highest BCUT2D eigenvalue weighted by Crippen LogP contribution is 2.41. The number of nitrogens with zero attached hydrogens (tertiary/aromatic N) is 1. The minimum atomic E-state index is -0.00815. The maximum absolute atomic E-state index is 9.30. The van der Waals surface area contributed by atoms with Crippen LogP contribution in [0.1, 0.15) is 33.6 Å². The van der Waals surface area contributed by atoms with E-state index in [-0.39, 0.29) is 18.8 Å². The Morgan fingerprint density at radius 2 is 2.11 bits per heavy atom. The van der Waals surface area contributed by atoms with Gasteiger partial charge in [-0.1, -0.05) is 13.8 Å². The van der Waals surface area contributed by atoms with Crippen molar-refractivity contribution in [3.8, 4) is 0 Å². The Morgan fingerprint density at radius 1 is 1.37 bits per heavy atom. The van der Waals surface area contributed by atoms with Crippen molar-refractivity contribution in [1.29, 1.82) is 0 Å². The maximum Gasteiger partial charge on any atom is 0.0936 e. The molecule has 4 atom stereocenters. The lowest BCUT2D eigenvalue weighted by Gasteiger charge is -2.39. The Hall–Kier alpha value is -0.160. The van der Waals surface area contributed by atoms with E-state index in [0.717, 1.165) is 19.6 Å². The fourth-order valence-corrected chi connectivity index (χ4v) is 4.06. The van der Waals surface area contributed by atoms with Gasteiger partial charge in [0, 0.05) is 25.7 Å². The van der Waals surface area contributed by atoms with Crippen molar-refractivity contribution in [3.63, 3.8) is 0 Å². The highest BCUT2D eigenvalue weighted by atomic mass is 16.5. The predicted molar refractivity (Wildman–Crippen MR) is 77.2 cm³/mol. The molecule has 1 saturated heterocycles. The van der Waals surface area contributed by atoms with Crippen LogP contribution in [0.2, 0.25) is 0 Å². The minimum Gasteiger partial charge on any atom is -0.394 e. The van der Waals surface area contributed by atoms with Crippen molar-refractivity contribution in [2.45, 2.75) is 51.9 Å². The molecule has 0 bridgehead atoms. The van der Waals surface area contributed by atoms with E-state index in [1.54, 1.807) is 0 Å². The molecule has 0 spiro atoms. The van der Waals surface area contributed by atoms with Gasteiger partial charge < -0.3 is 15.2 Å². The van der Waals surface area contributed by atoms with Crippen LogP contribution >= 0.6 is 0 Å². The van der Waals surface area contributed by atoms with Crippen LogP contribution in [-0.2, 0) is 4.74 Å². The second kappa shape index (κ2) is 6.08. The maximum atomic E-state index is 9.30. The monoisotopic (exact) mass is 270 g/mol. The first-order valence-corrected chi connectivity index (χ1v) is 7.62. The molecule has 0 aromatic carbocycles. The molecular formula is C15H30N2O2. The molecule has 4 nitrogen and oxygen atoms in total. The van der Waals surface area contributed by atoms with Gasteiger partial charge in [-0.25, -0.2) is 0 Å². The van der Waals surface area contributed by atoms with Gasteiger partial charge >= 0.3 is 0 Å². The molecule has 4 unspecified atom stereocenters. The van der Waals surface area contributed by atoms with E-state index in [4.69, 9.17) is 4.74 Å². The lowest BCUT2D eigenvalue weighted by Crippen LogP contribution is -2.51. The Morgan fingerprint density at radius 3 is 2.74 bits per heavy atom. The van der Waals surface area contributed by atoms with E-state index >= 15 is 0 Å². The number of morpholine rings is 1. The van der Waals surface area contributed by atoms with E-state index in [1.165, 1.54) is 12.8 Å². The first-order chi connectivity index (χ1) is 8.96. The number of rotatable bonds is 4. The first kappa shape index (κ1) is 15.2. The normalized spacial score (nSPS) is 39.6. The molecule has 0 amide bonds. The van der Waals surface area contributed by atoms with E-state index in [2.05, 4.69) is 38.0 Å². The lowest BCUT2D eigenvalue weighted by molar-refractivity contribution is -0.0984. The zero-order valence-corrected chi connectivity index (χ0v) is 12.9. The Labute approximate surface area is 117 Å². The molecule has 4 heteroatoms. The second-order valence-corrected chi connectivity index (χ2v) is 7.02. The van der Waals surface area contributed by atoms with Crippen LogP contribution in [-0.4, -0.2) is 61.5 Å². The summed E-state index contributed by atoms with van der Waals surface area (Å²) in [6.07, 6.45) is 2.82. The highest BCUT2D eigenvalue weighted by molar-refractivity contribution is 4.97. The van der Waals surface area contributed by atoms with Crippen molar-refractivity contribution >= 4 is 0 Å². The molecule has 1 aliphatic carbocycles. The summed E-state index contributed by atoms with van der Waals surface area (Å²) in [5, 5.41) is 12.8. The van der Waals surface area contributed by atoms with Gasteiger partial charge in [-0.05, 0) is 38.1 Å². The standard InChI is InChI=1S/C15H30N2O2/c1-11-7-17(9-13(10-18)19-11)8-12-5-6-15(2,3)14(12)16-4/h11-14,16,18H,5-10H2,1-4H3. The molecule has 2 fully saturated rings. The van der Waals surface area contributed by atoms with Gasteiger partial charge in [0.1, 0.15) is 0 Å². The molecule has 19 heavy (non-hydrogen) atoms. The van der Waals surface area contributed by atoms with Crippen molar-refractivity contribution in [3.05, 3.63) is 0 Å². The highest BCUT2D eigenvalue weighted by Gasteiger charge is 2.42. The molecular weight excluding hydrogens is 240 g/mol. The van der Waals surface area contributed by atoms with Crippen molar-refractivity contribution in [1.82, 2.24) is 10.2 Å². The molecule has 0 radical (unpaired) electrons. The van der Waals surface area contributed by atoms with Gasteiger partial charge in [-0.15, -0.1) is 0 Å². The number of nitrogens with one attached hydrogen (secondary N) is 1. The van der Waals surface area contributed by atoms with Crippen molar-refractivity contribution in [2.75, 3.05) is 33.3 Å². The number of aliphatic hydroxyl groups is 1. The Balaban J connectivity index is 1.93. The van der Waals surface area contributed by atoms with E-state index < -0.39 is 0 Å². The zero-order chi connectivity index (χ0) is 14.0. The summed E-state index contributed by atoms with van der Waals surface area (Å²) in [4.78, 5) is 2.48. The first-order valence-electron chi connectivity index (χ1n) is 7.62. The largest absolute Gasteiger partial charge is 0.394 e. The number of aliphatic hydroxyl groups excluding tert-OH is 1. The number of ether oxygens (including phenoxy) is 1. The molecule has 0 aromatic heterocycles. The second-order valence-electron chi connectivity index (χ2n) is 7.02. The van der Waals surface area contributed by atoms with Gasteiger partial charge in [0.2, 0.25) is 0 Å². The summed E-state index contributed by atoms with van der Waals surface area (Å²) in [5.74, 6) is 0.713. The van der Waals surface area contributed by atoms with Gasteiger partial charge in [0.15, 0.2) is 0 Å². The van der Waals surface area contributed by atoms with Crippen molar-refractivity contribution < 1.29 is 9.84 Å². The van der Waals surface area contributed by atoms with Crippen LogP contribution < -0.4 is 5.32 Å². The van der Waals surface area contributed by atoms with Crippen molar-refractivity contribution in [2.24, 2.45) is 11.3 Å². The van der Waals surface area contributed by atoms with Gasteiger partial charge in [0.25, 0.3) is 0 Å². The van der Waals surface area contributed by atoms with Gasteiger partial charge in [-0.3, -0.25) is 4.90 Å². The summed E-state index contributed by atoms with van der Waals surface area (Å²) < 4.78 is 5.72. The molecule has 1 aliphatic heterocycles. The topological polar surface area (TPSA) is 44.7 Å². The van der Waals surface area contributed by atoms with Crippen LogP contribution in [0.3, 0.4) is 0 Å². The number of hydrogen-bond donors (Lipinski definition) is 2. The Kier molecular flexibility index (Phi) is 4.88. The SMILES string of the molecule is CNC1C(CN2CC(C)OC(CO)C2)CCC1(C)C. The average molecular weight is 270 g/mol. The Bertz CT molecular complexity index is 296. The third-order valence-corrected chi connectivity index (χ3v) is 4.88. The van der Waals surface area contributed by atoms with E-state index in [9.17, 15) is 5.11 Å². The molecule has 112 valence electrons. The lowest BCUT2D eigenvalue weighted by atomic mass is 9.85. The average Bonchev–Trinajstić information content (AvgIpc) is 2.63. The fourth-order valence-electron chi connectivity index (χ4n) is 4.06. The molecule has 1 heterocycles. The summed E-state index contributed by atoms with van der Waals surface area (Å²) in [7, 11) is 2.09. The summed E-state index contributed by atoms with van der Waals surface area (Å²) >= 11 is 0. The predicted octanol–water partition coefficient (Wildman–Crippen LogP) is 1.09. The molecule has 2 rings (SSSR count). The molecule has 2 aliphatic rings. The third kappa shape index (κ3) is 3.48. The summed E-state index contributed by atoms with van der Waals surface area (Å²) in [6.45, 7) is 9.95. The van der Waals surface area contributed by atoms with Crippen LogP contribution in [0, 0.1) is 11.3 Å². The van der Waals surface area contributed by atoms with E-state index in [0.29, 0.717) is 17.4 Å². The van der Waals surface area contributed by atoms with Crippen LogP contribution in [0.4, 0.5) is 0 Å². The van der Waals surface area contributed by atoms with Gasteiger partial charge in [0.05, 0.1) is 18.8 Å². The quantitative estimate of drug-likeness (QED) is 0.803. The van der Waals surface area contributed by atoms with Crippen LogP contribution in [0.25, 0.3) is 0 Å². The zero-order valence-electron chi connectivity index (χ0n) is 12.9. The minimum absolute atomic E-state index is 0.00815. The molecule has 2 N–H and O–H groups in total. The smallest absolute Gasteiger partial charge is 0.0936 e. The van der Waals surface area contributed by atoms with Crippen LogP contribution in [0.15, 0.2) is 0 Å². The fraction of sp³-hybridized carbons (Fsp3) is 1.00. The summed E-state index contributed by atoms with van der Waals surface area (Å²) in [5.41, 5.74) is 0.397. The van der Waals surface area contributed by atoms with E-state index in [1.807, 2.05) is 0 Å². The summed E-state index contributed by atoms with van der Waals surface area (Å²) in [6, 6.07) is 0.596. The molecule has 1 saturated carbocycles. The van der Waals surface area contributed by atoms with Crippen LogP contribution in [0.5, 0.6) is 0 Å². The number of hydrogen-bond acceptors (Lipinski definition) is 4. The third-order valence-electron chi connectivity index (χ3n) is 4.88. The van der Waals surface area contributed by atoms with Gasteiger partial charge in [-0.2, -0.15) is 0 Å². The molecule has 0 aromatic rings.